The Morgan fingerprint density at radius 1 is 0.474 bits per heavy atom. The molecule has 1 aromatic rings. The van der Waals surface area contributed by atoms with E-state index >= 15 is 0 Å². The lowest BCUT2D eigenvalue weighted by molar-refractivity contribution is 0.490. The molecule has 2 aliphatic carbocycles. The van der Waals surface area contributed by atoms with Gasteiger partial charge in [-0.15, -0.1) is 8.58 Å². The molecule has 0 aliphatic heterocycles. The first kappa shape index (κ1) is 15.0. The van der Waals surface area contributed by atoms with E-state index in [1.165, 1.54) is 47.1 Å². The third kappa shape index (κ3) is 6.57. The molecule has 19 heavy (non-hydrogen) atoms. The van der Waals surface area contributed by atoms with Gasteiger partial charge in [0.15, 0.2) is 0 Å². The Morgan fingerprint density at radius 3 is 1.11 bits per heavy atom. The van der Waals surface area contributed by atoms with Crippen LogP contribution in [0.15, 0.2) is 36.4 Å². The predicted octanol–water partition coefficient (Wildman–Crippen LogP) is 6.02. The normalized spacial score (nSPS) is 21.5. The summed E-state index contributed by atoms with van der Waals surface area (Å²) in [5.41, 5.74) is 2.30. The first-order valence-electron chi connectivity index (χ1n) is 8.21. The van der Waals surface area contributed by atoms with Crippen molar-refractivity contribution in [3.63, 3.8) is 0 Å². The van der Waals surface area contributed by atoms with Crippen LogP contribution in [0.25, 0.3) is 0 Å². The summed E-state index contributed by atoms with van der Waals surface area (Å²) in [7, 11) is 1.33. The van der Waals surface area contributed by atoms with Crippen molar-refractivity contribution >= 4 is 8.58 Å². The van der Waals surface area contributed by atoms with Gasteiger partial charge in [-0.25, -0.2) is 0 Å². The van der Waals surface area contributed by atoms with Gasteiger partial charge >= 0.3 is 0 Å². The first-order valence-corrected chi connectivity index (χ1v) is 9.37. The quantitative estimate of drug-likeness (QED) is 0.580. The summed E-state index contributed by atoms with van der Waals surface area (Å²) in [6, 6.07) is 12.0. The largest absolute Gasteiger partial charge is 0.116 e. The third-order valence-corrected chi connectivity index (χ3v) is 6.45. The molecule has 0 aromatic heterocycles. The molecule has 3 rings (SSSR count). The number of benzene rings is 1. The van der Waals surface area contributed by atoms with Gasteiger partial charge in [0.25, 0.3) is 0 Å². The van der Waals surface area contributed by atoms with Gasteiger partial charge in [-0.3, -0.25) is 0 Å². The second-order valence-corrected chi connectivity index (χ2v) is 7.96. The number of hydrogen-bond acceptors (Lipinski definition) is 0. The molecule has 0 heterocycles. The maximum Gasteiger partial charge on any atom is -0.0234 e. The van der Waals surface area contributed by atoms with Crippen LogP contribution in [0, 0.1) is 0 Å². The Bertz CT molecular complexity index is 254. The Kier molecular flexibility index (Phi) is 7.55. The van der Waals surface area contributed by atoms with Crippen LogP contribution in [0.1, 0.15) is 64.2 Å². The van der Waals surface area contributed by atoms with Crippen LogP contribution < -0.4 is 0 Å². The minimum atomic E-state index is 1.15. The number of rotatable bonds is 2. The molecule has 2 fully saturated rings. The molecule has 0 spiro atoms. The lowest BCUT2D eigenvalue weighted by Crippen LogP contribution is -2.14. The Balaban J connectivity index is 0.000000186. The van der Waals surface area contributed by atoms with Crippen molar-refractivity contribution in [3.8, 4) is 0 Å². The molecule has 0 amide bonds. The van der Waals surface area contributed by atoms with E-state index in [9.17, 15) is 0 Å². The molecule has 2 saturated carbocycles. The van der Waals surface area contributed by atoms with Crippen molar-refractivity contribution in [2.24, 2.45) is 0 Å². The Morgan fingerprint density at radius 2 is 0.789 bits per heavy atom. The Hall–Kier alpha value is -0.350. The summed E-state index contributed by atoms with van der Waals surface area (Å²) >= 11 is 0. The Labute approximate surface area is 121 Å². The highest BCUT2D eigenvalue weighted by Crippen LogP contribution is 2.41. The zero-order valence-corrected chi connectivity index (χ0v) is 13.2. The van der Waals surface area contributed by atoms with Crippen LogP contribution in [0.4, 0.5) is 0 Å². The monoisotopic (exact) mass is 276 g/mol. The van der Waals surface area contributed by atoms with Gasteiger partial charge in [0.1, 0.15) is 0 Å². The van der Waals surface area contributed by atoms with Crippen molar-refractivity contribution in [1.29, 1.82) is 0 Å². The van der Waals surface area contributed by atoms with E-state index in [-0.39, 0.29) is 0 Å². The van der Waals surface area contributed by atoms with E-state index in [0.717, 1.165) is 11.3 Å². The molecule has 0 radical (unpaired) electrons. The fourth-order valence-electron chi connectivity index (χ4n) is 3.26. The molecule has 0 unspecified atom stereocenters. The smallest absolute Gasteiger partial charge is 0.0234 e. The second kappa shape index (κ2) is 9.54. The second-order valence-electron chi connectivity index (χ2n) is 5.99. The maximum atomic E-state index is 2.00. The van der Waals surface area contributed by atoms with Crippen LogP contribution in [0.2, 0.25) is 0 Å². The highest BCUT2D eigenvalue weighted by Gasteiger charge is 2.20. The van der Waals surface area contributed by atoms with Gasteiger partial charge < -0.3 is 0 Å². The van der Waals surface area contributed by atoms with Crippen molar-refractivity contribution < 1.29 is 0 Å². The van der Waals surface area contributed by atoms with Gasteiger partial charge in [0.2, 0.25) is 0 Å². The molecular weight excluding hydrogens is 247 g/mol. The summed E-state index contributed by atoms with van der Waals surface area (Å²) in [4.78, 5) is 0. The zero-order valence-electron chi connectivity index (χ0n) is 12.2. The number of hydrogen-bond donors (Lipinski definition) is 0. The minimum Gasteiger partial charge on any atom is -0.116 e. The third-order valence-electron chi connectivity index (χ3n) is 4.35. The average Bonchev–Trinajstić information content (AvgIpc) is 2.52. The van der Waals surface area contributed by atoms with Gasteiger partial charge in [0.05, 0.1) is 0 Å². The molecule has 2 aliphatic rings. The van der Waals surface area contributed by atoms with E-state index in [2.05, 4.69) is 0 Å². The summed E-state index contributed by atoms with van der Waals surface area (Å²) in [6.45, 7) is 0. The van der Waals surface area contributed by atoms with E-state index in [4.69, 9.17) is 0 Å². The van der Waals surface area contributed by atoms with Gasteiger partial charge in [0, 0.05) is 0 Å². The molecule has 1 heteroatoms. The van der Waals surface area contributed by atoms with E-state index in [0.29, 0.717) is 0 Å². The van der Waals surface area contributed by atoms with Crippen LogP contribution in [0.5, 0.6) is 0 Å². The maximum absolute atomic E-state index is 2.00. The summed E-state index contributed by atoms with van der Waals surface area (Å²) in [5.74, 6) is 0. The minimum absolute atomic E-state index is 1.15. The van der Waals surface area contributed by atoms with Crippen molar-refractivity contribution in [3.05, 3.63) is 36.4 Å². The molecule has 0 N–H and O–H groups in total. The van der Waals surface area contributed by atoms with E-state index in [1.807, 2.05) is 36.4 Å². The molecule has 106 valence electrons. The molecule has 1 aromatic carbocycles. The van der Waals surface area contributed by atoms with Gasteiger partial charge in [-0.05, 0) is 37.0 Å². The molecule has 0 bridgehead atoms. The average molecular weight is 276 g/mol. The SMILES string of the molecule is C1CCC(PC2CCCCC2)CC1.c1ccccc1. The molecule has 0 nitrogen and oxygen atoms in total. The fourth-order valence-corrected chi connectivity index (χ4v) is 5.41. The van der Waals surface area contributed by atoms with Crippen LogP contribution >= 0.6 is 8.58 Å². The lowest BCUT2D eigenvalue weighted by Gasteiger charge is -2.28. The highest BCUT2D eigenvalue weighted by atomic mass is 31.1. The predicted molar refractivity (Wildman–Crippen MR) is 88.5 cm³/mol. The highest BCUT2D eigenvalue weighted by molar-refractivity contribution is 7.39. The molecule has 0 saturated heterocycles. The van der Waals surface area contributed by atoms with E-state index < -0.39 is 0 Å². The first-order chi connectivity index (χ1) is 9.45. The zero-order chi connectivity index (χ0) is 13.2. The van der Waals surface area contributed by atoms with Crippen molar-refractivity contribution in [1.82, 2.24) is 0 Å². The summed E-state index contributed by atoms with van der Waals surface area (Å²) in [6.07, 6.45) is 15.4. The lowest BCUT2D eigenvalue weighted by atomic mass is 10.00. The van der Waals surface area contributed by atoms with Crippen LogP contribution in [-0.2, 0) is 0 Å². The van der Waals surface area contributed by atoms with Crippen molar-refractivity contribution in [2.75, 3.05) is 0 Å². The fraction of sp³-hybridized carbons (Fsp3) is 0.667. The van der Waals surface area contributed by atoms with E-state index in [1.54, 1.807) is 25.7 Å². The summed E-state index contributed by atoms with van der Waals surface area (Å²) < 4.78 is 0. The van der Waals surface area contributed by atoms with Gasteiger partial charge in [-0.2, -0.15) is 0 Å². The standard InChI is InChI=1S/C12H23P.C6H6/c1-3-7-11(8-4-1)13-12-9-5-2-6-10-12;1-2-4-6-5-3-1/h11-13H,1-10H2;1-6H. The molecular formula is C18H29P. The topological polar surface area (TPSA) is 0 Å². The van der Waals surface area contributed by atoms with Crippen molar-refractivity contribution in [2.45, 2.75) is 75.5 Å². The van der Waals surface area contributed by atoms with Crippen LogP contribution in [-0.4, -0.2) is 11.3 Å². The van der Waals surface area contributed by atoms with Crippen LogP contribution in [0.3, 0.4) is 0 Å². The van der Waals surface area contributed by atoms with Gasteiger partial charge in [-0.1, -0.05) is 74.9 Å². The summed E-state index contributed by atoms with van der Waals surface area (Å²) in [5, 5.41) is 0. The molecule has 0 atom stereocenters.